The van der Waals surface area contributed by atoms with Crippen molar-refractivity contribution in [1.82, 2.24) is 19.6 Å². The maximum absolute atomic E-state index is 13.1. The Morgan fingerprint density at radius 1 is 1.10 bits per heavy atom. The highest BCUT2D eigenvalue weighted by Gasteiger charge is 2.27. The van der Waals surface area contributed by atoms with Crippen LogP contribution in [0.4, 0.5) is 23.1 Å². The van der Waals surface area contributed by atoms with Crippen molar-refractivity contribution in [2.45, 2.75) is 69.4 Å². The van der Waals surface area contributed by atoms with Gasteiger partial charge in [-0.2, -0.15) is 4.98 Å². The van der Waals surface area contributed by atoms with Crippen LogP contribution in [0.25, 0.3) is 0 Å². The summed E-state index contributed by atoms with van der Waals surface area (Å²) in [6.07, 6.45) is 7.61. The van der Waals surface area contributed by atoms with Crippen LogP contribution in [0.3, 0.4) is 0 Å². The van der Waals surface area contributed by atoms with E-state index in [1.165, 1.54) is 24.7 Å². The molecule has 11 heteroatoms. The average molecular weight is 599 g/mol. The van der Waals surface area contributed by atoms with Crippen LogP contribution in [0.5, 0.6) is 5.75 Å². The molecule has 3 aromatic rings. The van der Waals surface area contributed by atoms with Crippen molar-refractivity contribution in [1.29, 1.82) is 0 Å². The van der Waals surface area contributed by atoms with E-state index in [0.29, 0.717) is 17.5 Å². The molecule has 41 heavy (non-hydrogen) atoms. The fraction of sp³-hybridized carbons (Fsp3) is 0.467. The quantitative estimate of drug-likeness (QED) is 0.229. The van der Waals surface area contributed by atoms with Crippen LogP contribution in [-0.4, -0.2) is 55.6 Å². The van der Waals surface area contributed by atoms with Gasteiger partial charge >= 0.3 is 0 Å². The van der Waals surface area contributed by atoms with Crippen molar-refractivity contribution in [2.75, 3.05) is 30.8 Å². The maximum atomic E-state index is 13.1. The molecule has 220 valence electrons. The zero-order valence-electron chi connectivity index (χ0n) is 23.9. The first kappa shape index (κ1) is 29.6. The van der Waals surface area contributed by atoms with E-state index in [2.05, 4.69) is 49.4 Å². The van der Waals surface area contributed by atoms with Crippen LogP contribution < -0.4 is 20.1 Å². The summed E-state index contributed by atoms with van der Waals surface area (Å²) >= 11 is 6.44. The summed E-state index contributed by atoms with van der Waals surface area (Å²) in [5, 5.41) is 6.64. The second-order valence-electron chi connectivity index (χ2n) is 11.3. The molecule has 2 aromatic carbocycles. The number of hydrogen-bond donors (Lipinski definition) is 3. The zero-order chi connectivity index (χ0) is 29.0. The number of rotatable bonds is 12. The Bertz CT molecular complexity index is 1460. The molecule has 0 radical (unpaired) electrons. The second kappa shape index (κ2) is 12.9. The maximum Gasteiger partial charge on any atom is 0.242 e. The first-order valence-corrected chi connectivity index (χ1v) is 16.2. The van der Waals surface area contributed by atoms with Crippen molar-refractivity contribution in [3.8, 4) is 5.75 Å². The molecule has 1 saturated heterocycles. The van der Waals surface area contributed by atoms with E-state index in [4.69, 9.17) is 16.3 Å². The van der Waals surface area contributed by atoms with Gasteiger partial charge in [0.25, 0.3) is 0 Å². The van der Waals surface area contributed by atoms with E-state index in [-0.39, 0.29) is 22.1 Å². The van der Waals surface area contributed by atoms with Crippen molar-refractivity contribution < 1.29 is 13.2 Å². The molecular weight excluding hydrogens is 560 g/mol. The number of nitrogens with one attached hydrogen (secondary N) is 3. The Morgan fingerprint density at radius 3 is 2.61 bits per heavy atom. The number of sulfonamides is 1. The molecule has 1 aromatic heterocycles. The molecule has 2 aliphatic rings. The molecule has 2 fully saturated rings. The predicted molar refractivity (Wildman–Crippen MR) is 164 cm³/mol. The highest BCUT2D eigenvalue weighted by molar-refractivity contribution is 7.89. The van der Waals surface area contributed by atoms with Crippen LogP contribution in [0.15, 0.2) is 53.6 Å². The van der Waals surface area contributed by atoms with E-state index in [1.54, 1.807) is 24.3 Å². The van der Waals surface area contributed by atoms with Crippen LogP contribution >= 0.6 is 11.6 Å². The summed E-state index contributed by atoms with van der Waals surface area (Å²) in [5.74, 6) is 2.06. The molecular formula is C30H39ClN6O3S. The van der Waals surface area contributed by atoms with Gasteiger partial charge in [0.15, 0.2) is 5.82 Å². The van der Waals surface area contributed by atoms with Crippen molar-refractivity contribution >= 4 is 44.8 Å². The fourth-order valence-electron chi connectivity index (χ4n) is 5.19. The van der Waals surface area contributed by atoms with Crippen LogP contribution in [-0.2, 0) is 16.4 Å². The molecule has 2 heterocycles. The molecule has 1 atom stereocenters. The third kappa shape index (κ3) is 7.68. The SMILES string of the molecule is CC(C)Oc1cc(CCC2CCN(C)C2)ccc1Nc1ncc(Cl)c(Nc2ccccc2S(=O)(=O)NC2CCC2)n1. The number of aromatic nitrogens is 2. The molecule has 5 rings (SSSR count). The molecule has 1 saturated carbocycles. The van der Waals surface area contributed by atoms with Gasteiger partial charge in [0.05, 0.1) is 23.7 Å². The minimum atomic E-state index is -3.71. The Morgan fingerprint density at radius 2 is 1.90 bits per heavy atom. The lowest BCUT2D eigenvalue weighted by Gasteiger charge is -2.26. The standard InChI is InChI=1S/C30H39ClN6O3S/c1-20(2)40-27-17-21(11-12-22-15-16-37(3)19-22)13-14-25(27)34-30-32-18-24(31)29(35-30)33-26-9-4-5-10-28(26)41(38,39)36-23-7-6-8-23/h4-5,9-10,13-14,17-18,20,22-23,36H,6-8,11-12,15-16,19H2,1-3H3,(H2,32,33,34,35). The van der Waals surface area contributed by atoms with Crippen LogP contribution in [0, 0.1) is 5.92 Å². The van der Waals surface area contributed by atoms with Crippen molar-refractivity contribution in [3.05, 3.63) is 59.2 Å². The Hall–Kier alpha value is -2.92. The third-order valence-corrected chi connectivity index (χ3v) is 9.44. The van der Waals surface area contributed by atoms with Gasteiger partial charge in [-0.25, -0.2) is 18.1 Å². The first-order valence-electron chi connectivity index (χ1n) is 14.3. The first-order chi connectivity index (χ1) is 19.7. The van der Waals surface area contributed by atoms with Gasteiger partial charge in [-0.1, -0.05) is 36.2 Å². The number of nitrogens with zero attached hydrogens (tertiary/aromatic N) is 3. The third-order valence-electron chi connectivity index (χ3n) is 7.59. The Labute approximate surface area is 248 Å². The predicted octanol–water partition coefficient (Wildman–Crippen LogP) is 6.12. The van der Waals surface area contributed by atoms with Crippen molar-refractivity contribution in [2.24, 2.45) is 5.92 Å². The molecule has 1 aliphatic carbocycles. The van der Waals surface area contributed by atoms with E-state index < -0.39 is 10.0 Å². The molecule has 1 unspecified atom stereocenters. The monoisotopic (exact) mass is 598 g/mol. The molecule has 3 N–H and O–H groups in total. The van der Waals surface area contributed by atoms with E-state index in [9.17, 15) is 8.42 Å². The van der Waals surface area contributed by atoms with Crippen LogP contribution in [0.2, 0.25) is 5.02 Å². The smallest absolute Gasteiger partial charge is 0.242 e. The molecule has 9 nitrogen and oxygen atoms in total. The van der Waals surface area contributed by atoms with E-state index >= 15 is 0 Å². The van der Waals surface area contributed by atoms with Gasteiger partial charge in [0.2, 0.25) is 16.0 Å². The van der Waals surface area contributed by atoms with Gasteiger partial charge in [-0.3, -0.25) is 0 Å². The lowest BCUT2D eigenvalue weighted by Crippen LogP contribution is -2.39. The number of ether oxygens (including phenoxy) is 1. The van der Waals surface area contributed by atoms with E-state index in [0.717, 1.165) is 56.0 Å². The Balaban J connectivity index is 1.34. The van der Waals surface area contributed by atoms with Gasteiger partial charge in [0, 0.05) is 12.6 Å². The normalized spacial score (nSPS) is 17.9. The average Bonchev–Trinajstić information content (AvgIpc) is 3.33. The largest absolute Gasteiger partial charge is 0.489 e. The van der Waals surface area contributed by atoms with Gasteiger partial charge in [-0.15, -0.1) is 0 Å². The van der Waals surface area contributed by atoms with Gasteiger partial charge in [0.1, 0.15) is 15.7 Å². The minimum absolute atomic E-state index is 0.00959. The molecule has 0 spiro atoms. The summed E-state index contributed by atoms with van der Waals surface area (Å²) in [5.41, 5.74) is 2.35. The summed E-state index contributed by atoms with van der Waals surface area (Å²) < 4.78 is 35.1. The lowest BCUT2D eigenvalue weighted by molar-refractivity contribution is 0.243. The molecule has 0 bridgehead atoms. The Kier molecular flexibility index (Phi) is 9.33. The van der Waals surface area contributed by atoms with Crippen LogP contribution in [0.1, 0.15) is 51.5 Å². The summed E-state index contributed by atoms with van der Waals surface area (Å²) in [4.78, 5) is 11.5. The van der Waals surface area contributed by atoms with Gasteiger partial charge < -0.3 is 20.3 Å². The summed E-state index contributed by atoms with van der Waals surface area (Å²) in [6, 6.07) is 12.9. The second-order valence-corrected chi connectivity index (χ2v) is 13.4. The van der Waals surface area contributed by atoms with Gasteiger partial charge in [-0.05, 0) is 95.3 Å². The number of hydrogen-bond acceptors (Lipinski definition) is 8. The number of likely N-dealkylation sites (tertiary alicyclic amines) is 1. The van der Waals surface area contributed by atoms with E-state index in [1.807, 2.05) is 19.9 Å². The fourth-order valence-corrected chi connectivity index (χ4v) is 6.79. The number of aryl methyl sites for hydroxylation is 1. The number of para-hydroxylation sites is 1. The number of halogens is 1. The topological polar surface area (TPSA) is 108 Å². The summed E-state index contributed by atoms with van der Waals surface area (Å²) in [7, 11) is -1.53. The highest BCUT2D eigenvalue weighted by Crippen LogP contribution is 2.33. The lowest BCUT2D eigenvalue weighted by atomic mass is 9.94. The van der Waals surface area contributed by atoms with Crippen molar-refractivity contribution in [3.63, 3.8) is 0 Å². The number of benzene rings is 2. The highest BCUT2D eigenvalue weighted by atomic mass is 35.5. The molecule has 1 aliphatic heterocycles. The zero-order valence-corrected chi connectivity index (χ0v) is 25.4. The summed E-state index contributed by atoms with van der Waals surface area (Å²) in [6.45, 7) is 6.33. The number of anilines is 4. The molecule has 0 amide bonds. The minimum Gasteiger partial charge on any atom is -0.489 e.